The molecule has 188 valence electrons. The van der Waals surface area contributed by atoms with Gasteiger partial charge in [0.2, 0.25) is 5.91 Å². The summed E-state index contributed by atoms with van der Waals surface area (Å²) < 4.78 is 5.37. The third kappa shape index (κ3) is 7.05. The molecular formula is C25H21N5O7. The van der Waals surface area contributed by atoms with Crippen molar-refractivity contribution >= 4 is 46.5 Å². The molecule has 0 aliphatic rings. The second-order valence-electron chi connectivity index (χ2n) is 7.51. The molecule has 0 bridgehead atoms. The standard InChI is InChI=1S/C25H21N5O7/c1-15(28-29-24(33)23(32)27-18-13-11-17(12-14-18)26-16(2)31)19-7-4-6-10-22(19)37-25(34)20-8-3-5-9-21(20)30(35)36/h3-14H,1-2H3,(H,26,31)(H,27,32)(H,29,33)/b28-15+. The van der Waals surface area contributed by atoms with Crippen LogP contribution < -0.4 is 20.8 Å². The van der Waals surface area contributed by atoms with E-state index < -0.39 is 28.4 Å². The molecule has 0 heterocycles. The van der Waals surface area contributed by atoms with E-state index in [0.717, 1.165) is 0 Å². The summed E-state index contributed by atoms with van der Waals surface area (Å²) in [5.41, 5.74) is 2.85. The molecular weight excluding hydrogens is 482 g/mol. The second kappa shape index (κ2) is 11.8. The van der Waals surface area contributed by atoms with Gasteiger partial charge in [-0.15, -0.1) is 0 Å². The highest BCUT2D eigenvalue weighted by molar-refractivity contribution is 6.39. The van der Waals surface area contributed by atoms with Gasteiger partial charge in [0.15, 0.2) is 0 Å². The number of carbonyl (C=O) groups excluding carboxylic acids is 4. The highest BCUT2D eigenvalue weighted by Crippen LogP contribution is 2.23. The van der Waals surface area contributed by atoms with E-state index in [1.807, 2.05) is 0 Å². The minimum Gasteiger partial charge on any atom is -0.422 e. The van der Waals surface area contributed by atoms with Crippen LogP contribution in [0, 0.1) is 10.1 Å². The molecule has 0 unspecified atom stereocenters. The predicted octanol–water partition coefficient (Wildman–Crippen LogP) is 3.25. The number of amides is 3. The van der Waals surface area contributed by atoms with Crippen LogP contribution in [0.5, 0.6) is 5.75 Å². The minimum absolute atomic E-state index is 0.0462. The van der Waals surface area contributed by atoms with Crippen molar-refractivity contribution in [2.45, 2.75) is 13.8 Å². The molecule has 0 saturated carbocycles. The van der Waals surface area contributed by atoms with Crippen LogP contribution >= 0.6 is 0 Å². The molecule has 0 saturated heterocycles. The van der Waals surface area contributed by atoms with Crippen molar-refractivity contribution in [1.29, 1.82) is 0 Å². The highest BCUT2D eigenvalue weighted by atomic mass is 16.6. The topological polar surface area (TPSA) is 169 Å². The number of hydrazone groups is 1. The quantitative estimate of drug-likeness (QED) is 0.111. The first-order chi connectivity index (χ1) is 17.7. The fourth-order valence-electron chi connectivity index (χ4n) is 3.09. The van der Waals surface area contributed by atoms with Crippen LogP contribution in [0.15, 0.2) is 77.9 Å². The van der Waals surface area contributed by atoms with Gasteiger partial charge < -0.3 is 15.4 Å². The fraction of sp³-hybridized carbons (Fsp3) is 0.0800. The van der Waals surface area contributed by atoms with E-state index in [-0.39, 0.29) is 22.9 Å². The van der Waals surface area contributed by atoms with Crippen molar-refractivity contribution < 1.29 is 28.8 Å². The number of anilines is 2. The van der Waals surface area contributed by atoms with Crippen LogP contribution in [0.4, 0.5) is 17.1 Å². The summed E-state index contributed by atoms with van der Waals surface area (Å²) in [6.45, 7) is 2.87. The number of hydrogen-bond donors (Lipinski definition) is 3. The van der Waals surface area contributed by atoms with E-state index in [1.54, 1.807) is 30.3 Å². The van der Waals surface area contributed by atoms with E-state index in [2.05, 4.69) is 21.2 Å². The van der Waals surface area contributed by atoms with Crippen LogP contribution in [0.25, 0.3) is 0 Å². The minimum atomic E-state index is -1.06. The zero-order valence-corrected chi connectivity index (χ0v) is 19.7. The molecule has 0 atom stereocenters. The summed E-state index contributed by atoms with van der Waals surface area (Å²) in [5, 5.41) is 20.1. The summed E-state index contributed by atoms with van der Waals surface area (Å²) >= 11 is 0. The molecule has 0 aromatic heterocycles. The molecule has 3 N–H and O–H groups in total. The van der Waals surface area contributed by atoms with Gasteiger partial charge in [0.05, 0.1) is 10.6 Å². The molecule has 12 heteroatoms. The first-order valence-corrected chi connectivity index (χ1v) is 10.7. The molecule has 0 fully saturated rings. The van der Waals surface area contributed by atoms with Crippen molar-refractivity contribution in [1.82, 2.24) is 5.43 Å². The average molecular weight is 503 g/mol. The van der Waals surface area contributed by atoms with Crippen molar-refractivity contribution in [3.63, 3.8) is 0 Å². The Kier molecular flexibility index (Phi) is 8.39. The maximum absolute atomic E-state index is 12.6. The van der Waals surface area contributed by atoms with Gasteiger partial charge in [-0.2, -0.15) is 5.10 Å². The van der Waals surface area contributed by atoms with Crippen LogP contribution in [0.3, 0.4) is 0 Å². The number of esters is 1. The van der Waals surface area contributed by atoms with Gasteiger partial charge in [0.1, 0.15) is 11.3 Å². The van der Waals surface area contributed by atoms with E-state index in [1.165, 1.54) is 56.3 Å². The highest BCUT2D eigenvalue weighted by Gasteiger charge is 2.22. The largest absolute Gasteiger partial charge is 0.422 e. The summed E-state index contributed by atoms with van der Waals surface area (Å²) in [7, 11) is 0. The number of nitrogens with zero attached hydrogens (tertiary/aromatic N) is 2. The number of carbonyl (C=O) groups is 4. The normalized spacial score (nSPS) is 10.7. The average Bonchev–Trinajstić information content (AvgIpc) is 2.88. The monoisotopic (exact) mass is 503 g/mol. The summed E-state index contributed by atoms with van der Waals surface area (Å²) in [6, 6.07) is 17.7. The Morgan fingerprint density at radius 2 is 1.35 bits per heavy atom. The molecule has 3 amide bonds. The van der Waals surface area contributed by atoms with E-state index in [0.29, 0.717) is 16.9 Å². The lowest BCUT2D eigenvalue weighted by Crippen LogP contribution is -2.33. The van der Waals surface area contributed by atoms with Crippen LogP contribution in [-0.4, -0.2) is 34.3 Å². The lowest BCUT2D eigenvalue weighted by atomic mass is 10.1. The number of para-hydroxylation sites is 2. The predicted molar refractivity (Wildman–Crippen MR) is 134 cm³/mol. The molecule has 3 aromatic carbocycles. The molecule has 37 heavy (non-hydrogen) atoms. The Balaban J connectivity index is 1.68. The third-order valence-corrected chi connectivity index (χ3v) is 4.79. The second-order valence-corrected chi connectivity index (χ2v) is 7.51. The molecule has 0 aliphatic heterocycles. The maximum Gasteiger partial charge on any atom is 0.350 e. The van der Waals surface area contributed by atoms with E-state index >= 15 is 0 Å². The Bertz CT molecular complexity index is 1400. The van der Waals surface area contributed by atoms with Crippen LogP contribution in [-0.2, 0) is 14.4 Å². The molecule has 3 aromatic rings. The number of benzene rings is 3. The third-order valence-electron chi connectivity index (χ3n) is 4.79. The van der Waals surface area contributed by atoms with E-state index in [9.17, 15) is 29.3 Å². The molecule has 0 spiro atoms. The van der Waals surface area contributed by atoms with Crippen LogP contribution in [0.1, 0.15) is 29.8 Å². The van der Waals surface area contributed by atoms with Gasteiger partial charge in [-0.3, -0.25) is 24.5 Å². The number of nitro benzene ring substituents is 1. The van der Waals surface area contributed by atoms with Crippen LogP contribution in [0.2, 0.25) is 0 Å². The smallest absolute Gasteiger partial charge is 0.350 e. The van der Waals surface area contributed by atoms with Crippen molar-refractivity contribution in [3.05, 3.63) is 94.0 Å². The fourth-order valence-corrected chi connectivity index (χ4v) is 3.09. The van der Waals surface area contributed by atoms with E-state index in [4.69, 9.17) is 4.74 Å². The zero-order chi connectivity index (χ0) is 26.9. The lowest BCUT2D eigenvalue weighted by Gasteiger charge is -2.10. The molecule has 0 radical (unpaired) electrons. The van der Waals surface area contributed by atoms with Crippen molar-refractivity contribution in [2.24, 2.45) is 5.10 Å². The van der Waals surface area contributed by atoms with Gasteiger partial charge in [0, 0.05) is 29.9 Å². The first kappa shape index (κ1) is 26.2. The number of nitrogens with one attached hydrogen (secondary N) is 3. The van der Waals surface area contributed by atoms with Crippen molar-refractivity contribution in [2.75, 3.05) is 10.6 Å². The Morgan fingerprint density at radius 3 is 1.97 bits per heavy atom. The SMILES string of the molecule is CC(=O)Nc1ccc(NC(=O)C(=O)N/N=C(\C)c2ccccc2OC(=O)c2ccccc2[N+](=O)[O-])cc1. The lowest BCUT2D eigenvalue weighted by molar-refractivity contribution is -0.385. The molecule has 3 rings (SSSR count). The summed E-state index contributed by atoms with van der Waals surface area (Å²) in [6.07, 6.45) is 0. The van der Waals surface area contributed by atoms with Gasteiger partial charge in [-0.25, -0.2) is 10.2 Å². The molecule has 12 nitrogen and oxygen atoms in total. The Morgan fingerprint density at radius 1 is 0.784 bits per heavy atom. The van der Waals surface area contributed by atoms with Gasteiger partial charge >= 0.3 is 17.8 Å². The first-order valence-electron chi connectivity index (χ1n) is 10.7. The summed E-state index contributed by atoms with van der Waals surface area (Å²) in [4.78, 5) is 58.6. The van der Waals surface area contributed by atoms with Gasteiger partial charge in [-0.05, 0) is 49.4 Å². The summed E-state index contributed by atoms with van der Waals surface area (Å²) in [5.74, 6) is -3.19. The number of rotatable bonds is 7. The number of ether oxygens (including phenoxy) is 1. The Hall–Kier alpha value is -5.39. The maximum atomic E-state index is 12.6. The van der Waals surface area contributed by atoms with Crippen molar-refractivity contribution in [3.8, 4) is 5.75 Å². The zero-order valence-electron chi connectivity index (χ0n) is 19.7. The number of hydrogen-bond acceptors (Lipinski definition) is 8. The Labute approximate surface area is 210 Å². The number of nitro groups is 1. The van der Waals surface area contributed by atoms with Gasteiger partial charge in [-0.1, -0.05) is 24.3 Å². The molecule has 0 aliphatic carbocycles. The van der Waals surface area contributed by atoms with Gasteiger partial charge in [0.25, 0.3) is 5.69 Å².